The molecule has 0 saturated carbocycles. The molecule has 0 aromatic rings. The first-order valence-electron chi connectivity index (χ1n) is 12.6. The smallest absolute Gasteiger partial charge is 0.0149 e. The minimum atomic E-state index is 0.520. The average molecular weight is 426 g/mol. The number of unbranched alkanes of at least 4 members (excludes halogenated alkanes) is 3. The predicted molar refractivity (Wildman–Crippen MR) is 143 cm³/mol. The van der Waals surface area contributed by atoms with Crippen molar-refractivity contribution in [2.45, 2.75) is 105 Å². The van der Waals surface area contributed by atoms with Crippen LogP contribution in [0.1, 0.15) is 105 Å². The van der Waals surface area contributed by atoms with Gasteiger partial charge >= 0.3 is 0 Å². The third kappa shape index (κ3) is 16.6. The van der Waals surface area contributed by atoms with E-state index in [9.17, 15) is 0 Å². The summed E-state index contributed by atoms with van der Waals surface area (Å²) in [7, 11) is 0. The second kappa shape index (κ2) is 19.0. The summed E-state index contributed by atoms with van der Waals surface area (Å²) in [4.78, 5) is 0. The monoisotopic (exact) mass is 425 g/mol. The van der Waals surface area contributed by atoms with Crippen LogP contribution in [0, 0.1) is 5.92 Å². The summed E-state index contributed by atoms with van der Waals surface area (Å²) in [6.45, 7) is 26.4. The molecule has 0 fully saturated rings. The first-order valence-corrected chi connectivity index (χ1v) is 12.6. The molecular formula is C30H51N. The molecule has 1 nitrogen and oxygen atoms in total. The summed E-state index contributed by atoms with van der Waals surface area (Å²) < 4.78 is 0. The maximum Gasteiger partial charge on any atom is 0.0149 e. The second-order valence-corrected chi connectivity index (χ2v) is 9.17. The van der Waals surface area contributed by atoms with Gasteiger partial charge in [-0.1, -0.05) is 81.4 Å². The molecule has 1 heteroatoms. The van der Waals surface area contributed by atoms with Crippen LogP contribution in [0.25, 0.3) is 0 Å². The van der Waals surface area contributed by atoms with Crippen LogP contribution in [-0.4, -0.2) is 6.54 Å². The van der Waals surface area contributed by atoms with Crippen molar-refractivity contribution in [3.05, 3.63) is 72.5 Å². The molecule has 0 aliphatic carbocycles. The summed E-state index contributed by atoms with van der Waals surface area (Å²) in [5, 5.41) is 3.52. The Kier molecular flexibility index (Phi) is 17.9. The van der Waals surface area contributed by atoms with E-state index >= 15 is 0 Å². The third-order valence-corrected chi connectivity index (χ3v) is 5.87. The largest absolute Gasteiger partial charge is 0.389 e. The van der Waals surface area contributed by atoms with Crippen LogP contribution in [-0.2, 0) is 0 Å². The van der Waals surface area contributed by atoms with Gasteiger partial charge in [0, 0.05) is 12.2 Å². The molecule has 0 rings (SSSR count). The van der Waals surface area contributed by atoms with Crippen LogP contribution in [0.2, 0.25) is 0 Å². The zero-order valence-electron chi connectivity index (χ0n) is 21.3. The van der Waals surface area contributed by atoms with E-state index in [0.717, 1.165) is 45.1 Å². The maximum absolute atomic E-state index is 4.23. The topological polar surface area (TPSA) is 12.0 Å². The van der Waals surface area contributed by atoms with Crippen molar-refractivity contribution in [2.75, 3.05) is 6.54 Å². The van der Waals surface area contributed by atoms with E-state index < -0.39 is 0 Å². The maximum atomic E-state index is 4.23. The van der Waals surface area contributed by atoms with E-state index in [0.29, 0.717) is 5.92 Å². The Morgan fingerprint density at radius 2 is 1.48 bits per heavy atom. The number of hydrogen-bond acceptors (Lipinski definition) is 1. The van der Waals surface area contributed by atoms with Crippen LogP contribution < -0.4 is 5.32 Å². The van der Waals surface area contributed by atoms with Crippen molar-refractivity contribution < 1.29 is 0 Å². The molecule has 0 aliphatic heterocycles. The fraction of sp³-hybridized carbons (Fsp3) is 0.600. The van der Waals surface area contributed by atoms with Gasteiger partial charge in [0.05, 0.1) is 0 Å². The van der Waals surface area contributed by atoms with Gasteiger partial charge in [-0.2, -0.15) is 0 Å². The van der Waals surface area contributed by atoms with E-state index in [4.69, 9.17) is 0 Å². The van der Waals surface area contributed by atoms with Crippen molar-refractivity contribution in [3.8, 4) is 0 Å². The summed E-state index contributed by atoms with van der Waals surface area (Å²) in [5.74, 6) is 0.520. The zero-order chi connectivity index (χ0) is 23.5. The molecule has 1 atom stereocenters. The normalized spacial score (nSPS) is 13.0. The minimum absolute atomic E-state index is 0.520. The van der Waals surface area contributed by atoms with Gasteiger partial charge < -0.3 is 5.32 Å². The second-order valence-electron chi connectivity index (χ2n) is 9.17. The van der Waals surface area contributed by atoms with Crippen molar-refractivity contribution in [2.24, 2.45) is 5.92 Å². The minimum Gasteiger partial charge on any atom is -0.389 e. The van der Waals surface area contributed by atoms with Gasteiger partial charge in [0.1, 0.15) is 0 Å². The lowest BCUT2D eigenvalue weighted by molar-refractivity contribution is 0.545. The molecule has 31 heavy (non-hydrogen) atoms. The van der Waals surface area contributed by atoms with Gasteiger partial charge in [-0.25, -0.2) is 0 Å². The quantitative estimate of drug-likeness (QED) is 0.116. The van der Waals surface area contributed by atoms with Gasteiger partial charge in [-0.05, 0) is 89.5 Å². The highest BCUT2D eigenvalue weighted by molar-refractivity contribution is 5.31. The molecule has 0 bridgehead atoms. The fourth-order valence-corrected chi connectivity index (χ4v) is 3.60. The van der Waals surface area contributed by atoms with Crippen molar-refractivity contribution in [3.63, 3.8) is 0 Å². The van der Waals surface area contributed by atoms with Gasteiger partial charge in [-0.15, -0.1) is 6.58 Å². The summed E-state index contributed by atoms with van der Waals surface area (Å²) in [6, 6.07) is 0. The van der Waals surface area contributed by atoms with Gasteiger partial charge in [-0.3, -0.25) is 0 Å². The SMILES string of the molecule is C=CC(CCNC(=C)CCCC/C(C)=C/C=C(/CCCC)C(=C)C)CC(=C)CCCC. The number of rotatable bonds is 20. The highest BCUT2D eigenvalue weighted by atomic mass is 14.9. The molecule has 1 unspecified atom stereocenters. The Balaban J connectivity index is 4.11. The Labute approximate surface area is 195 Å². The fourth-order valence-electron chi connectivity index (χ4n) is 3.60. The molecule has 0 aliphatic rings. The van der Waals surface area contributed by atoms with Crippen LogP contribution in [0.15, 0.2) is 72.5 Å². The van der Waals surface area contributed by atoms with Crippen molar-refractivity contribution >= 4 is 0 Å². The first kappa shape index (κ1) is 29.2. The van der Waals surface area contributed by atoms with Crippen molar-refractivity contribution in [1.29, 1.82) is 0 Å². The Bertz CT molecular complexity index is 602. The summed E-state index contributed by atoms with van der Waals surface area (Å²) in [6.07, 6.45) is 20.7. The number of allylic oxidation sites excluding steroid dienone is 8. The molecule has 1 N–H and O–H groups in total. The lowest BCUT2D eigenvalue weighted by Crippen LogP contribution is -2.17. The lowest BCUT2D eigenvalue weighted by Gasteiger charge is -2.16. The van der Waals surface area contributed by atoms with E-state index in [1.54, 1.807) is 0 Å². The standard InChI is InChI=1S/C30H51N/c1-9-12-16-27(7)24-29(11-3)22-23-31-28(8)18-15-14-17-26(6)20-21-30(25(4)5)19-13-10-2/h11,20-21,29,31H,3-4,7-10,12-19,22-24H2,1-2,5-6H3/b26-20+,30-21-. The highest BCUT2D eigenvalue weighted by Crippen LogP contribution is 2.20. The molecule has 0 radical (unpaired) electrons. The Morgan fingerprint density at radius 1 is 0.839 bits per heavy atom. The molecule has 0 amide bonds. The van der Waals surface area contributed by atoms with Gasteiger partial charge in [0.15, 0.2) is 0 Å². The third-order valence-electron chi connectivity index (χ3n) is 5.87. The lowest BCUT2D eigenvalue weighted by atomic mass is 9.94. The Hall–Kier alpha value is -1.76. The van der Waals surface area contributed by atoms with E-state index in [1.165, 1.54) is 66.5 Å². The summed E-state index contributed by atoms with van der Waals surface area (Å²) in [5.41, 5.74) is 6.57. The van der Waals surface area contributed by atoms with Crippen LogP contribution >= 0.6 is 0 Å². The number of nitrogens with one attached hydrogen (secondary N) is 1. The predicted octanol–water partition coefficient (Wildman–Crippen LogP) is 9.62. The van der Waals surface area contributed by atoms with E-state index in [1.807, 2.05) is 0 Å². The van der Waals surface area contributed by atoms with Gasteiger partial charge in [0.2, 0.25) is 0 Å². The summed E-state index contributed by atoms with van der Waals surface area (Å²) >= 11 is 0. The van der Waals surface area contributed by atoms with E-state index in [2.05, 4.69) is 77.6 Å². The average Bonchev–Trinajstić information content (AvgIpc) is 2.74. The van der Waals surface area contributed by atoms with Crippen molar-refractivity contribution in [1.82, 2.24) is 5.32 Å². The highest BCUT2D eigenvalue weighted by Gasteiger charge is 2.07. The van der Waals surface area contributed by atoms with Crippen LogP contribution in [0.3, 0.4) is 0 Å². The zero-order valence-corrected chi connectivity index (χ0v) is 21.3. The van der Waals surface area contributed by atoms with Crippen LogP contribution in [0.5, 0.6) is 0 Å². The molecular weight excluding hydrogens is 374 g/mol. The van der Waals surface area contributed by atoms with E-state index in [-0.39, 0.29) is 0 Å². The molecule has 0 spiro atoms. The molecule has 176 valence electrons. The Morgan fingerprint density at radius 3 is 2.10 bits per heavy atom. The van der Waals surface area contributed by atoms with Gasteiger partial charge in [0.25, 0.3) is 0 Å². The first-order chi connectivity index (χ1) is 14.8. The molecule has 0 heterocycles. The van der Waals surface area contributed by atoms with Crippen LogP contribution in [0.4, 0.5) is 0 Å². The molecule has 0 aromatic carbocycles. The molecule has 0 aromatic heterocycles. The molecule has 0 saturated heterocycles. The number of hydrogen-bond donors (Lipinski definition) is 1.